The van der Waals surface area contributed by atoms with Crippen molar-refractivity contribution in [2.45, 2.75) is 6.61 Å². The largest absolute Gasteiger partial charge is 0.452 e. The van der Waals surface area contributed by atoms with Crippen LogP contribution in [-0.2, 0) is 9.53 Å². The molecule has 0 fully saturated rings. The lowest BCUT2D eigenvalue weighted by atomic mass is 10.2. The summed E-state index contributed by atoms with van der Waals surface area (Å²) in [5.41, 5.74) is -0.556. The molecule has 2 aromatic carbocycles. The minimum Gasteiger partial charge on any atom is -0.452 e. The van der Waals surface area contributed by atoms with Crippen LogP contribution < -0.4 is 10.1 Å². The van der Waals surface area contributed by atoms with Crippen molar-refractivity contribution >= 4 is 29.4 Å². The van der Waals surface area contributed by atoms with Crippen LogP contribution in [-0.4, -0.2) is 31.0 Å². The Labute approximate surface area is 160 Å². The molecule has 0 saturated carbocycles. The van der Waals surface area contributed by atoms with E-state index in [9.17, 15) is 31.9 Å². The van der Waals surface area contributed by atoms with Crippen LogP contribution in [0.3, 0.4) is 0 Å². The maximum Gasteiger partial charge on any atom is 0.387 e. The van der Waals surface area contributed by atoms with Crippen molar-refractivity contribution in [3.63, 3.8) is 0 Å². The van der Waals surface area contributed by atoms with Gasteiger partial charge in [0.15, 0.2) is 18.2 Å². The molecule has 148 valence electrons. The molecule has 0 aliphatic heterocycles. The fourth-order valence-corrected chi connectivity index (χ4v) is 2.14. The summed E-state index contributed by atoms with van der Waals surface area (Å²) in [7, 11) is 0. The molecule has 0 heterocycles. The van der Waals surface area contributed by atoms with E-state index < -0.39 is 53.2 Å². The molecule has 2 rings (SSSR count). The second-order valence-corrected chi connectivity index (χ2v) is 5.51. The third-order valence-electron chi connectivity index (χ3n) is 3.16. The molecule has 1 N–H and O–H groups in total. The number of imide groups is 1. The summed E-state index contributed by atoms with van der Waals surface area (Å²) >= 11 is 5.60. The summed E-state index contributed by atoms with van der Waals surface area (Å²) in [5.74, 6) is -5.92. The van der Waals surface area contributed by atoms with Crippen LogP contribution in [0.2, 0.25) is 5.02 Å². The molecule has 0 aliphatic carbocycles. The quantitative estimate of drug-likeness (QED) is 0.441. The Hall–Kier alpha value is -3.14. The zero-order chi connectivity index (χ0) is 20.8. The zero-order valence-electron chi connectivity index (χ0n) is 13.7. The summed E-state index contributed by atoms with van der Waals surface area (Å²) in [4.78, 5) is 35.3. The second-order valence-electron chi connectivity index (χ2n) is 5.10. The summed E-state index contributed by atoms with van der Waals surface area (Å²) < 4.78 is 58.9. The van der Waals surface area contributed by atoms with Crippen molar-refractivity contribution in [1.82, 2.24) is 5.32 Å². The number of carbonyl (C=O) groups is 3. The number of carbonyl (C=O) groups excluding carboxylic acids is 3. The Bertz CT molecular complexity index is 905. The number of rotatable bonds is 6. The molecule has 0 spiro atoms. The fraction of sp³-hybridized carbons (Fsp3) is 0.118. The molecule has 0 atom stereocenters. The van der Waals surface area contributed by atoms with Crippen molar-refractivity contribution < 1.29 is 41.4 Å². The first-order valence-corrected chi connectivity index (χ1v) is 7.76. The molecule has 2 amide bonds. The molecule has 11 heteroatoms. The highest BCUT2D eigenvalue weighted by molar-refractivity contribution is 6.33. The maximum absolute atomic E-state index is 13.2. The first-order valence-electron chi connectivity index (χ1n) is 7.38. The van der Waals surface area contributed by atoms with Gasteiger partial charge in [-0.2, -0.15) is 8.78 Å². The van der Waals surface area contributed by atoms with E-state index in [0.29, 0.717) is 12.1 Å². The number of esters is 1. The summed E-state index contributed by atoms with van der Waals surface area (Å²) in [5, 5.41) is 1.46. The van der Waals surface area contributed by atoms with Gasteiger partial charge in [-0.25, -0.2) is 13.6 Å². The first-order chi connectivity index (χ1) is 13.2. The standard InChI is InChI=1S/C17H10ClF4NO5/c18-11-6-13(20)12(19)5-10(11)16(26)27-7-14(24)23-15(25)8-1-3-9(4-2-8)28-17(21)22/h1-6,17H,7H2,(H,23,24,25). The maximum atomic E-state index is 13.2. The van der Waals surface area contributed by atoms with E-state index in [1.807, 2.05) is 5.32 Å². The fourth-order valence-electron chi connectivity index (χ4n) is 1.91. The van der Waals surface area contributed by atoms with Crippen LogP contribution in [0, 0.1) is 11.6 Å². The lowest BCUT2D eigenvalue weighted by Crippen LogP contribution is -2.34. The number of halogens is 5. The minimum absolute atomic E-state index is 0.0510. The molecule has 0 bridgehead atoms. The minimum atomic E-state index is -3.03. The molecule has 6 nitrogen and oxygen atoms in total. The monoisotopic (exact) mass is 419 g/mol. The van der Waals surface area contributed by atoms with Crippen LogP contribution in [0.5, 0.6) is 5.75 Å². The van der Waals surface area contributed by atoms with Gasteiger partial charge in [-0.3, -0.25) is 14.9 Å². The predicted molar refractivity (Wildman–Crippen MR) is 87.2 cm³/mol. The molecule has 2 aromatic rings. The van der Waals surface area contributed by atoms with E-state index in [-0.39, 0.29) is 11.3 Å². The van der Waals surface area contributed by atoms with E-state index in [4.69, 9.17) is 11.6 Å². The van der Waals surface area contributed by atoms with Gasteiger partial charge in [0.1, 0.15) is 5.75 Å². The Morgan fingerprint density at radius 2 is 1.64 bits per heavy atom. The molecular weight excluding hydrogens is 410 g/mol. The number of benzene rings is 2. The Morgan fingerprint density at radius 1 is 1.04 bits per heavy atom. The molecule has 0 unspecified atom stereocenters. The van der Waals surface area contributed by atoms with Gasteiger partial charge in [-0.15, -0.1) is 0 Å². The van der Waals surface area contributed by atoms with Crippen LogP contribution >= 0.6 is 11.6 Å². The number of alkyl halides is 2. The molecule has 0 aliphatic rings. The Kier molecular flexibility index (Phi) is 6.94. The van der Waals surface area contributed by atoms with Crippen molar-refractivity contribution in [1.29, 1.82) is 0 Å². The molecule has 0 saturated heterocycles. The van der Waals surface area contributed by atoms with Crippen molar-refractivity contribution in [3.8, 4) is 5.75 Å². The van der Waals surface area contributed by atoms with Gasteiger partial charge in [0, 0.05) is 5.56 Å². The number of nitrogens with one attached hydrogen (secondary N) is 1. The first kappa shape index (κ1) is 21.2. The van der Waals surface area contributed by atoms with Crippen LogP contribution in [0.4, 0.5) is 17.6 Å². The normalized spacial score (nSPS) is 10.5. The number of hydrogen-bond acceptors (Lipinski definition) is 5. The summed E-state index contributed by atoms with van der Waals surface area (Å²) in [6.45, 7) is -3.94. The van der Waals surface area contributed by atoms with Crippen LogP contribution in [0.1, 0.15) is 20.7 Å². The Morgan fingerprint density at radius 3 is 2.25 bits per heavy atom. The smallest absolute Gasteiger partial charge is 0.387 e. The van der Waals surface area contributed by atoms with Gasteiger partial charge in [-0.1, -0.05) is 11.6 Å². The number of ether oxygens (including phenoxy) is 2. The van der Waals surface area contributed by atoms with E-state index in [0.717, 1.165) is 24.3 Å². The predicted octanol–water partition coefficient (Wildman–Crippen LogP) is 3.33. The van der Waals surface area contributed by atoms with Crippen molar-refractivity contribution in [2.75, 3.05) is 6.61 Å². The van der Waals surface area contributed by atoms with Gasteiger partial charge in [0.05, 0.1) is 10.6 Å². The molecule has 0 radical (unpaired) electrons. The zero-order valence-corrected chi connectivity index (χ0v) is 14.4. The van der Waals surface area contributed by atoms with E-state index >= 15 is 0 Å². The third kappa shape index (κ3) is 5.68. The van der Waals surface area contributed by atoms with Gasteiger partial charge in [0.25, 0.3) is 11.8 Å². The van der Waals surface area contributed by atoms with Gasteiger partial charge in [-0.05, 0) is 36.4 Å². The summed E-state index contributed by atoms with van der Waals surface area (Å²) in [6.07, 6.45) is 0. The van der Waals surface area contributed by atoms with Gasteiger partial charge < -0.3 is 9.47 Å². The second kappa shape index (κ2) is 9.18. The lowest BCUT2D eigenvalue weighted by molar-refractivity contribution is -0.123. The molecular formula is C17H10ClF4NO5. The lowest BCUT2D eigenvalue weighted by Gasteiger charge is -2.08. The average Bonchev–Trinajstić information content (AvgIpc) is 2.62. The van der Waals surface area contributed by atoms with Crippen molar-refractivity contribution in [3.05, 3.63) is 64.2 Å². The third-order valence-corrected chi connectivity index (χ3v) is 3.47. The molecule has 28 heavy (non-hydrogen) atoms. The summed E-state index contributed by atoms with van der Waals surface area (Å²) in [6, 6.07) is 5.53. The van der Waals surface area contributed by atoms with Crippen LogP contribution in [0.25, 0.3) is 0 Å². The number of amides is 2. The van der Waals surface area contributed by atoms with Gasteiger partial charge >= 0.3 is 12.6 Å². The highest BCUT2D eigenvalue weighted by atomic mass is 35.5. The highest BCUT2D eigenvalue weighted by Crippen LogP contribution is 2.21. The van der Waals surface area contributed by atoms with E-state index in [1.165, 1.54) is 0 Å². The van der Waals surface area contributed by atoms with Crippen molar-refractivity contribution in [2.24, 2.45) is 0 Å². The van der Waals surface area contributed by atoms with Crippen LogP contribution in [0.15, 0.2) is 36.4 Å². The van der Waals surface area contributed by atoms with E-state index in [2.05, 4.69) is 9.47 Å². The van der Waals surface area contributed by atoms with Gasteiger partial charge in [0.2, 0.25) is 0 Å². The number of hydrogen-bond donors (Lipinski definition) is 1. The molecule has 0 aromatic heterocycles. The topological polar surface area (TPSA) is 81.7 Å². The SMILES string of the molecule is O=C(COC(=O)c1cc(F)c(F)cc1Cl)NC(=O)c1ccc(OC(F)F)cc1. The highest BCUT2D eigenvalue weighted by Gasteiger charge is 2.18. The average molecular weight is 420 g/mol. The van der Waals surface area contributed by atoms with E-state index in [1.54, 1.807) is 0 Å². The Balaban J connectivity index is 1.90.